The van der Waals surface area contributed by atoms with E-state index in [-0.39, 0.29) is 5.69 Å². The smallest absolute Gasteiger partial charge is 0.258 e. The molecule has 4 aromatic rings. The molecule has 0 aliphatic carbocycles. The van der Waals surface area contributed by atoms with Crippen LogP contribution >= 0.6 is 33.9 Å². The van der Waals surface area contributed by atoms with E-state index in [2.05, 4.69) is 48.0 Å². The average Bonchev–Trinajstić information content (AvgIpc) is 3.18. The lowest BCUT2D eigenvalue weighted by Crippen LogP contribution is -1.90. The molecule has 0 radical (unpaired) electrons. The van der Waals surface area contributed by atoms with Crippen molar-refractivity contribution in [3.05, 3.63) is 92.0 Å². The van der Waals surface area contributed by atoms with E-state index >= 15 is 0 Å². The van der Waals surface area contributed by atoms with Crippen molar-refractivity contribution in [1.29, 1.82) is 0 Å². The van der Waals surface area contributed by atoms with Gasteiger partial charge in [-0.05, 0) is 52.9 Å². The Morgan fingerprint density at radius 3 is 2.50 bits per heavy atom. The highest BCUT2D eigenvalue weighted by Gasteiger charge is 2.11. The van der Waals surface area contributed by atoms with E-state index < -0.39 is 11.1 Å². The van der Waals surface area contributed by atoms with E-state index in [1.165, 1.54) is 23.5 Å². The van der Waals surface area contributed by atoms with Crippen molar-refractivity contribution in [2.24, 2.45) is 20.5 Å². The van der Waals surface area contributed by atoms with Crippen LogP contribution in [0.2, 0.25) is 0 Å². The van der Waals surface area contributed by atoms with Gasteiger partial charge in [-0.1, -0.05) is 41.7 Å². The van der Waals surface area contributed by atoms with Crippen molar-refractivity contribution in [2.75, 3.05) is 0 Å². The number of azo groups is 2. The molecule has 0 amide bonds. The largest absolute Gasteiger partial charge is 0.271 e. The molecule has 0 fully saturated rings. The summed E-state index contributed by atoms with van der Waals surface area (Å²) in [5, 5.41) is 28.5. The molecule has 0 saturated carbocycles. The van der Waals surface area contributed by atoms with Crippen LogP contribution in [0.5, 0.6) is 0 Å². The normalized spacial score (nSPS) is 12.7. The fourth-order valence-corrected chi connectivity index (χ4v) is 3.74. The number of aromatic nitrogens is 1. The fraction of sp³-hybridized carbons (Fsp3) is 0.0500. The third-order valence-corrected chi connectivity index (χ3v) is 5.67. The molecule has 8 nitrogen and oxygen atoms in total. The second kappa shape index (κ2) is 9.13. The molecule has 1 unspecified atom stereocenters. The van der Waals surface area contributed by atoms with Crippen LogP contribution in [0.25, 0.3) is 10.2 Å². The van der Waals surface area contributed by atoms with Crippen LogP contribution < -0.4 is 0 Å². The van der Waals surface area contributed by atoms with Crippen LogP contribution in [0, 0.1) is 13.7 Å². The van der Waals surface area contributed by atoms with Crippen molar-refractivity contribution < 1.29 is 4.92 Å². The minimum Gasteiger partial charge on any atom is -0.258 e. The molecule has 30 heavy (non-hydrogen) atoms. The van der Waals surface area contributed by atoms with E-state index in [9.17, 15) is 10.1 Å². The average molecular weight is 528 g/mol. The second-order valence-electron chi connectivity index (χ2n) is 6.10. The molecule has 0 bridgehead atoms. The van der Waals surface area contributed by atoms with Crippen molar-refractivity contribution in [2.45, 2.75) is 6.17 Å². The lowest BCUT2D eigenvalue weighted by atomic mass is 10.2. The highest BCUT2D eigenvalue weighted by atomic mass is 127. The molecule has 0 saturated heterocycles. The predicted molar refractivity (Wildman–Crippen MR) is 124 cm³/mol. The summed E-state index contributed by atoms with van der Waals surface area (Å²) in [4.78, 5) is 15.0. The molecule has 1 heterocycles. The third kappa shape index (κ3) is 4.89. The number of rotatable bonds is 6. The second-order valence-corrected chi connectivity index (χ2v) is 8.35. The number of nitro groups is 1. The molecule has 0 aliphatic rings. The first-order valence-corrected chi connectivity index (χ1v) is 10.7. The number of nitrogens with zero attached hydrogens (tertiary/aromatic N) is 6. The predicted octanol–water partition coefficient (Wildman–Crippen LogP) is 7.38. The monoisotopic (exact) mass is 528 g/mol. The Morgan fingerprint density at radius 1 is 0.967 bits per heavy atom. The van der Waals surface area contributed by atoms with Crippen LogP contribution in [0.15, 0.2) is 93.3 Å². The van der Waals surface area contributed by atoms with Gasteiger partial charge >= 0.3 is 0 Å². The van der Waals surface area contributed by atoms with Crippen molar-refractivity contribution in [3.8, 4) is 0 Å². The Balaban J connectivity index is 1.64. The maximum atomic E-state index is 11.0. The van der Waals surface area contributed by atoms with Gasteiger partial charge in [-0.2, -0.15) is 15.3 Å². The SMILES string of the molecule is O=[N+]([O-])c1cccc(N=NC(N=Nc2nc3ccccc3s2)c2ccc(I)cc2)c1. The molecule has 1 atom stereocenters. The number of halogens is 1. The zero-order valence-corrected chi connectivity index (χ0v) is 18.3. The maximum Gasteiger partial charge on any atom is 0.271 e. The van der Waals surface area contributed by atoms with Gasteiger partial charge in [0.1, 0.15) is 0 Å². The van der Waals surface area contributed by atoms with Crippen LogP contribution in [-0.4, -0.2) is 9.91 Å². The van der Waals surface area contributed by atoms with Gasteiger partial charge in [-0.3, -0.25) is 10.1 Å². The van der Waals surface area contributed by atoms with Gasteiger partial charge in [-0.15, -0.1) is 5.11 Å². The van der Waals surface area contributed by atoms with Gasteiger partial charge in [-0.25, -0.2) is 4.98 Å². The maximum absolute atomic E-state index is 11.0. The van der Waals surface area contributed by atoms with Gasteiger partial charge in [0, 0.05) is 21.3 Å². The molecular weight excluding hydrogens is 515 g/mol. The van der Waals surface area contributed by atoms with Gasteiger partial charge in [0.05, 0.1) is 20.8 Å². The van der Waals surface area contributed by atoms with Gasteiger partial charge < -0.3 is 0 Å². The minimum absolute atomic E-state index is 0.0478. The summed E-state index contributed by atoms with van der Waals surface area (Å²) in [6, 6.07) is 21.4. The first kappa shape index (κ1) is 20.2. The number of benzene rings is 3. The van der Waals surface area contributed by atoms with E-state index in [0.717, 1.165) is 19.4 Å². The molecular formula is C20H13IN6O2S. The quantitative estimate of drug-likeness (QED) is 0.113. The summed E-state index contributed by atoms with van der Waals surface area (Å²) in [6.07, 6.45) is -0.701. The summed E-state index contributed by atoms with van der Waals surface area (Å²) in [5.74, 6) is 0. The Hall–Kier alpha value is -3.12. The minimum atomic E-state index is -0.701. The molecule has 3 aromatic carbocycles. The lowest BCUT2D eigenvalue weighted by Gasteiger charge is -2.05. The number of nitro benzene ring substituents is 1. The number of para-hydroxylation sites is 1. The Kier molecular flexibility index (Phi) is 6.14. The first-order valence-electron chi connectivity index (χ1n) is 8.76. The molecule has 0 spiro atoms. The highest BCUT2D eigenvalue weighted by Crippen LogP contribution is 2.31. The summed E-state index contributed by atoms with van der Waals surface area (Å²) < 4.78 is 2.10. The highest BCUT2D eigenvalue weighted by molar-refractivity contribution is 14.1. The zero-order chi connectivity index (χ0) is 20.9. The summed E-state index contributed by atoms with van der Waals surface area (Å²) >= 11 is 3.66. The first-order chi connectivity index (χ1) is 14.6. The van der Waals surface area contributed by atoms with E-state index in [4.69, 9.17) is 0 Å². The summed E-state index contributed by atoms with van der Waals surface area (Å²) in [5.41, 5.74) is 1.98. The van der Waals surface area contributed by atoms with Crippen LogP contribution in [0.1, 0.15) is 11.7 Å². The van der Waals surface area contributed by atoms with Crippen molar-refractivity contribution in [1.82, 2.24) is 4.98 Å². The molecule has 4 rings (SSSR count). The standard InChI is InChI=1S/C20H13IN6O2S/c21-14-10-8-13(9-11-14)19(24-23-15-4-3-5-16(12-15)27(28)29)25-26-20-22-17-6-1-2-7-18(17)30-20/h1-12,19H. The van der Waals surface area contributed by atoms with Gasteiger partial charge in [0.25, 0.3) is 5.69 Å². The number of hydrogen-bond donors (Lipinski definition) is 0. The van der Waals surface area contributed by atoms with Crippen LogP contribution in [-0.2, 0) is 0 Å². The van der Waals surface area contributed by atoms with Crippen molar-refractivity contribution >= 4 is 60.7 Å². The van der Waals surface area contributed by atoms with Gasteiger partial charge in [0.2, 0.25) is 11.3 Å². The van der Waals surface area contributed by atoms with Crippen LogP contribution in [0.3, 0.4) is 0 Å². The Bertz CT molecular complexity index is 1220. The zero-order valence-electron chi connectivity index (χ0n) is 15.3. The Labute approximate surface area is 188 Å². The van der Waals surface area contributed by atoms with Crippen LogP contribution in [0.4, 0.5) is 16.5 Å². The van der Waals surface area contributed by atoms with Gasteiger partial charge in [0.15, 0.2) is 0 Å². The topological polar surface area (TPSA) is 105 Å². The number of non-ortho nitro benzene ring substituents is 1. The van der Waals surface area contributed by atoms with E-state index in [0.29, 0.717) is 10.8 Å². The number of hydrogen-bond acceptors (Lipinski definition) is 8. The number of fused-ring (bicyclic) bond motifs is 1. The molecule has 148 valence electrons. The Morgan fingerprint density at radius 2 is 1.73 bits per heavy atom. The summed E-state index contributed by atoms with van der Waals surface area (Å²) in [6.45, 7) is 0. The molecule has 0 N–H and O–H groups in total. The van der Waals surface area contributed by atoms with E-state index in [1.807, 2.05) is 48.5 Å². The van der Waals surface area contributed by atoms with E-state index in [1.54, 1.807) is 12.1 Å². The lowest BCUT2D eigenvalue weighted by molar-refractivity contribution is -0.384. The third-order valence-electron chi connectivity index (χ3n) is 4.03. The molecule has 10 heteroatoms. The number of thiazole rings is 1. The fourth-order valence-electron chi connectivity index (χ4n) is 2.59. The molecule has 1 aromatic heterocycles. The summed E-state index contributed by atoms with van der Waals surface area (Å²) in [7, 11) is 0. The molecule has 0 aliphatic heterocycles. The van der Waals surface area contributed by atoms with Crippen molar-refractivity contribution in [3.63, 3.8) is 0 Å².